The Morgan fingerprint density at radius 1 is 1.12 bits per heavy atom. The lowest BCUT2D eigenvalue weighted by Crippen LogP contribution is -2.50. The van der Waals surface area contributed by atoms with E-state index in [1.165, 1.54) is 5.56 Å². The van der Waals surface area contributed by atoms with Gasteiger partial charge in [0.25, 0.3) is 5.91 Å². The van der Waals surface area contributed by atoms with Crippen LogP contribution in [0, 0.1) is 13.8 Å². The molecule has 1 aliphatic heterocycles. The summed E-state index contributed by atoms with van der Waals surface area (Å²) in [6, 6.07) is 16.8. The van der Waals surface area contributed by atoms with E-state index < -0.39 is 0 Å². The largest absolute Gasteiger partial charge is 0.335 e. The third-order valence-electron chi connectivity index (χ3n) is 4.80. The second-order valence-corrected chi connectivity index (χ2v) is 7.00. The zero-order valence-corrected chi connectivity index (χ0v) is 14.5. The fourth-order valence-corrected chi connectivity index (χ4v) is 3.69. The first-order valence-electron chi connectivity index (χ1n) is 8.71. The van der Waals surface area contributed by atoms with Crippen molar-refractivity contribution in [3.63, 3.8) is 0 Å². The van der Waals surface area contributed by atoms with Crippen molar-refractivity contribution in [2.24, 2.45) is 5.73 Å². The Kier molecular flexibility index (Phi) is 5.00. The highest BCUT2D eigenvalue weighted by molar-refractivity contribution is 5.95. The molecule has 3 heteroatoms. The van der Waals surface area contributed by atoms with Crippen LogP contribution in [-0.2, 0) is 6.42 Å². The molecular formula is C21H26N2O. The minimum atomic E-state index is 0.134. The monoisotopic (exact) mass is 322 g/mol. The minimum absolute atomic E-state index is 0.134. The number of rotatable bonds is 3. The number of carbonyl (C=O) groups excluding carboxylic acids is 1. The molecule has 0 saturated carbocycles. The molecule has 126 valence electrons. The first-order chi connectivity index (χ1) is 11.5. The van der Waals surface area contributed by atoms with E-state index in [0.29, 0.717) is 0 Å². The number of hydrogen-bond acceptors (Lipinski definition) is 2. The summed E-state index contributed by atoms with van der Waals surface area (Å²) < 4.78 is 0. The molecule has 2 aromatic rings. The van der Waals surface area contributed by atoms with Crippen LogP contribution in [0.25, 0.3) is 0 Å². The van der Waals surface area contributed by atoms with Gasteiger partial charge in [0.1, 0.15) is 0 Å². The Morgan fingerprint density at radius 3 is 2.46 bits per heavy atom. The number of carbonyl (C=O) groups is 1. The average Bonchev–Trinajstić information content (AvgIpc) is 2.54. The SMILES string of the molecule is Cc1cc(C)cc(C(=O)N2CCC(N)C[C@@H]2Cc2ccccc2)c1. The van der Waals surface area contributed by atoms with E-state index in [0.717, 1.165) is 42.5 Å². The summed E-state index contributed by atoms with van der Waals surface area (Å²) in [5.41, 5.74) is 10.5. The summed E-state index contributed by atoms with van der Waals surface area (Å²) in [7, 11) is 0. The Labute approximate surface area is 144 Å². The van der Waals surface area contributed by atoms with Gasteiger partial charge in [0, 0.05) is 24.2 Å². The van der Waals surface area contributed by atoms with Crippen molar-refractivity contribution in [3.8, 4) is 0 Å². The van der Waals surface area contributed by atoms with Gasteiger partial charge in [-0.25, -0.2) is 0 Å². The molecule has 1 amide bonds. The normalized spacial score (nSPS) is 20.9. The van der Waals surface area contributed by atoms with Crippen LogP contribution in [0.5, 0.6) is 0 Å². The molecule has 0 aromatic heterocycles. The number of aryl methyl sites for hydroxylation is 2. The van der Waals surface area contributed by atoms with Gasteiger partial charge in [-0.05, 0) is 50.8 Å². The molecule has 2 aromatic carbocycles. The summed E-state index contributed by atoms with van der Waals surface area (Å²) in [6.45, 7) is 4.82. The molecule has 0 bridgehead atoms. The molecule has 1 unspecified atom stereocenters. The van der Waals surface area contributed by atoms with Crippen molar-refractivity contribution in [2.45, 2.75) is 45.2 Å². The fraction of sp³-hybridized carbons (Fsp3) is 0.381. The van der Waals surface area contributed by atoms with Gasteiger partial charge in [-0.1, -0.05) is 47.5 Å². The highest BCUT2D eigenvalue weighted by Crippen LogP contribution is 2.23. The second-order valence-electron chi connectivity index (χ2n) is 7.00. The van der Waals surface area contributed by atoms with Crippen molar-refractivity contribution < 1.29 is 4.79 Å². The van der Waals surface area contributed by atoms with Gasteiger partial charge in [0.15, 0.2) is 0 Å². The zero-order valence-electron chi connectivity index (χ0n) is 14.5. The third kappa shape index (κ3) is 3.85. The molecule has 0 radical (unpaired) electrons. The molecule has 3 nitrogen and oxygen atoms in total. The molecule has 0 aliphatic carbocycles. The van der Waals surface area contributed by atoms with Gasteiger partial charge in [-0.3, -0.25) is 4.79 Å². The van der Waals surface area contributed by atoms with Gasteiger partial charge in [-0.2, -0.15) is 0 Å². The lowest BCUT2D eigenvalue weighted by atomic mass is 9.91. The van der Waals surface area contributed by atoms with Crippen LogP contribution in [-0.4, -0.2) is 29.4 Å². The average molecular weight is 322 g/mol. The summed E-state index contributed by atoms with van der Waals surface area (Å²) in [5, 5.41) is 0. The first kappa shape index (κ1) is 16.7. The molecule has 1 fully saturated rings. The maximum Gasteiger partial charge on any atom is 0.254 e. The van der Waals surface area contributed by atoms with E-state index in [9.17, 15) is 4.79 Å². The van der Waals surface area contributed by atoms with Crippen LogP contribution in [0.2, 0.25) is 0 Å². The second kappa shape index (κ2) is 7.18. The van der Waals surface area contributed by atoms with E-state index in [1.54, 1.807) is 0 Å². The summed E-state index contributed by atoms with van der Waals surface area (Å²) in [5.74, 6) is 0.134. The number of nitrogens with zero attached hydrogens (tertiary/aromatic N) is 1. The van der Waals surface area contributed by atoms with Crippen LogP contribution < -0.4 is 5.73 Å². The summed E-state index contributed by atoms with van der Waals surface area (Å²) >= 11 is 0. The molecule has 0 spiro atoms. The molecule has 2 N–H and O–H groups in total. The Bertz CT molecular complexity index is 691. The smallest absolute Gasteiger partial charge is 0.254 e. The molecule has 24 heavy (non-hydrogen) atoms. The molecule has 1 heterocycles. The molecule has 1 aliphatic rings. The predicted molar refractivity (Wildman–Crippen MR) is 98.1 cm³/mol. The molecule has 1 saturated heterocycles. The van der Waals surface area contributed by atoms with E-state index in [1.807, 2.05) is 49.1 Å². The van der Waals surface area contributed by atoms with Gasteiger partial charge < -0.3 is 10.6 Å². The van der Waals surface area contributed by atoms with Crippen molar-refractivity contribution in [1.82, 2.24) is 4.90 Å². The van der Waals surface area contributed by atoms with Gasteiger partial charge >= 0.3 is 0 Å². The number of piperidine rings is 1. The van der Waals surface area contributed by atoms with Gasteiger partial charge in [0.05, 0.1) is 0 Å². The van der Waals surface area contributed by atoms with Crippen LogP contribution in [0.3, 0.4) is 0 Å². The first-order valence-corrected chi connectivity index (χ1v) is 8.71. The topological polar surface area (TPSA) is 46.3 Å². The van der Waals surface area contributed by atoms with Gasteiger partial charge in [0.2, 0.25) is 0 Å². The lowest BCUT2D eigenvalue weighted by molar-refractivity contribution is 0.0595. The van der Waals surface area contributed by atoms with Crippen LogP contribution in [0.15, 0.2) is 48.5 Å². The minimum Gasteiger partial charge on any atom is -0.335 e. The van der Waals surface area contributed by atoms with E-state index in [4.69, 9.17) is 5.73 Å². The highest BCUT2D eigenvalue weighted by Gasteiger charge is 2.30. The maximum atomic E-state index is 13.1. The number of amides is 1. The summed E-state index contributed by atoms with van der Waals surface area (Å²) in [4.78, 5) is 15.1. The zero-order chi connectivity index (χ0) is 17.1. The Hall–Kier alpha value is -2.13. The summed E-state index contributed by atoms with van der Waals surface area (Å²) in [6.07, 6.45) is 2.61. The predicted octanol–water partition coefficient (Wildman–Crippen LogP) is 3.48. The quantitative estimate of drug-likeness (QED) is 0.940. The number of hydrogen-bond donors (Lipinski definition) is 1. The van der Waals surface area contributed by atoms with Crippen molar-refractivity contribution in [2.75, 3.05) is 6.54 Å². The van der Waals surface area contributed by atoms with Crippen LogP contribution >= 0.6 is 0 Å². The fourth-order valence-electron chi connectivity index (χ4n) is 3.69. The van der Waals surface area contributed by atoms with Crippen molar-refractivity contribution >= 4 is 5.91 Å². The Morgan fingerprint density at radius 2 is 1.79 bits per heavy atom. The number of benzene rings is 2. The highest BCUT2D eigenvalue weighted by atomic mass is 16.2. The Balaban J connectivity index is 1.84. The van der Waals surface area contributed by atoms with Crippen molar-refractivity contribution in [1.29, 1.82) is 0 Å². The molecular weight excluding hydrogens is 296 g/mol. The number of nitrogens with two attached hydrogens (primary N) is 1. The van der Waals surface area contributed by atoms with Crippen molar-refractivity contribution in [3.05, 3.63) is 70.8 Å². The number of likely N-dealkylation sites (tertiary alicyclic amines) is 1. The van der Waals surface area contributed by atoms with Gasteiger partial charge in [-0.15, -0.1) is 0 Å². The van der Waals surface area contributed by atoms with E-state index in [2.05, 4.69) is 18.2 Å². The standard InChI is InChI=1S/C21H26N2O/c1-15-10-16(2)12-18(11-15)21(24)23-9-8-19(22)14-20(23)13-17-6-4-3-5-7-17/h3-7,10-12,19-20H,8-9,13-14,22H2,1-2H3/t19?,20-/m0/s1. The van der Waals surface area contributed by atoms with Crippen LogP contribution in [0.4, 0.5) is 0 Å². The molecule has 3 rings (SSSR count). The maximum absolute atomic E-state index is 13.1. The van der Waals surface area contributed by atoms with E-state index >= 15 is 0 Å². The molecule has 2 atom stereocenters. The third-order valence-corrected chi connectivity index (χ3v) is 4.80. The van der Waals surface area contributed by atoms with E-state index in [-0.39, 0.29) is 18.0 Å². The lowest BCUT2D eigenvalue weighted by Gasteiger charge is -2.38. The van der Waals surface area contributed by atoms with Crippen LogP contribution in [0.1, 0.15) is 39.9 Å².